The molecule has 1 aromatic rings. The molecule has 0 aliphatic carbocycles. The Morgan fingerprint density at radius 1 is 1.04 bits per heavy atom. The number of Topliss-reactive ketones (excluding diaryl/α,β-unsaturated/α-hetero) is 1. The summed E-state index contributed by atoms with van der Waals surface area (Å²) in [5.74, 6) is 1.02. The van der Waals surface area contributed by atoms with Gasteiger partial charge in [-0.05, 0) is 24.3 Å². The summed E-state index contributed by atoms with van der Waals surface area (Å²) in [6, 6.07) is 7.17. The minimum absolute atomic E-state index is 0.0365. The summed E-state index contributed by atoms with van der Waals surface area (Å²) in [5.41, 5.74) is 0.362. The maximum Gasteiger partial charge on any atom is 0.253 e. The van der Waals surface area contributed by atoms with Crippen molar-refractivity contribution in [1.82, 2.24) is 9.80 Å². The zero-order valence-electron chi connectivity index (χ0n) is 14.5. The molecule has 2 rings (SSSR count). The van der Waals surface area contributed by atoms with Crippen LogP contribution >= 0.6 is 0 Å². The van der Waals surface area contributed by atoms with Gasteiger partial charge in [-0.1, -0.05) is 20.8 Å². The Bertz CT molecular complexity index is 553. The summed E-state index contributed by atoms with van der Waals surface area (Å²) in [4.78, 5) is 28.6. The van der Waals surface area contributed by atoms with E-state index in [1.165, 1.54) is 0 Å². The number of carbonyl (C=O) groups excluding carboxylic acids is 2. The number of benzene rings is 1. The van der Waals surface area contributed by atoms with Crippen LogP contribution in [0.5, 0.6) is 5.75 Å². The van der Waals surface area contributed by atoms with Gasteiger partial charge in [0, 0.05) is 37.2 Å². The van der Waals surface area contributed by atoms with Crippen LogP contribution in [0.25, 0.3) is 0 Å². The molecule has 0 spiro atoms. The first-order valence-electron chi connectivity index (χ1n) is 8.00. The first-order valence-corrected chi connectivity index (χ1v) is 8.00. The van der Waals surface area contributed by atoms with Gasteiger partial charge in [0.05, 0.1) is 13.7 Å². The van der Waals surface area contributed by atoms with Gasteiger partial charge in [0.1, 0.15) is 5.75 Å². The largest absolute Gasteiger partial charge is 0.497 e. The van der Waals surface area contributed by atoms with Crippen molar-refractivity contribution in [1.29, 1.82) is 0 Å². The quantitative estimate of drug-likeness (QED) is 0.853. The first-order chi connectivity index (χ1) is 10.8. The lowest BCUT2D eigenvalue weighted by atomic mass is 9.90. The van der Waals surface area contributed by atoms with Crippen LogP contribution in [-0.2, 0) is 4.79 Å². The molecule has 0 radical (unpaired) electrons. The number of hydrogen-bond acceptors (Lipinski definition) is 4. The van der Waals surface area contributed by atoms with E-state index in [-0.39, 0.29) is 17.1 Å². The van der Waals surface area contributed by atoms with Gasteiger partial charge >= 0.3 is 0 Å². The van der Waals surface area contributed by atoms with Gasteiger partial charge in [0.25, 0.3) is 5.91 Å². The molecule has 1 saturated heterocycles. The highest BCUT2D eigenvalue weighted by Crippen LogP contribution is 2.17. The highest BCUT2D eigenvalue weighted by atomic mass is 16.5. The van der Waals surface area contributed by atoms with Crippen molar-refractivity contribution < 1.29 is 14.3 Å². The topological polar surface area (TPSA) is 49.9 Å². The summed E-state index contributed by atoms with van der Waals surface area (Å²) in [6.07, 6.45) is 0. The van der Waals surface area contributed by atoms with Crippen molar-refractivity contribution in [3.8, 4) is 5.75 Å². The van der Waals surface area contributed by atoms with Crippen LogP contribution in [0.1, 0.15) is 31.1 Å². The number of nitrogens with zero attached hydrogens (tertiary/aromatic N) is 2. The second-order valence-electron chi connectivity index (χ2n) is 6.97. The molecule has 1 aliphatic heterocycles. The van der Waals surface area contributed by atoms with Gasteiger partial charge in [-0.3, -0.25) is 14.5 Å². The Hall–Kier alpha value is -1.88. The fourth-order valence-electron chi connectivity index (χ4n) is 2.47. The number of amides is 1. The molecule has 23 heavy (non-hydrogen) atoms. The van der Waals surface area contributed by atoms with Gasteiger partial charge in [0.2, 0.25) is 0 Å². The number of carbonyl (C=O) groups is 2. The van der Waals surface area contributed by atoms with Crippen molar-refractivity contribution >= 4 is 11.7 Å². The maximum absolute atomic E-state index is 12.5. The number of rotatable bonds is 4. The molecular formula is C18H26N2O3. The molecular weight excluding hydrogens is 292 g/mol. The molecule has 0 atom stereocenters. The van der Waals surface area contributed by atoms with Crippen molar-refractivity contribution in [3.05, 3.63) is 29.8 Å². The van der Waals surface area contributed by atoms with Gasteiger partial charge in [-0.25, -0.2) is 0 Å². The zero-order valence-corrected chi connectivity index (χ0v) is 14.5. The second kappa shape index (κ2) is 7.13. The number of methoxy groups -OCH3 is 1. The molecule has 5 nitrogen and oxygen atoms in total. The van der Waals surface area contributed by atoms with Crippen LogP contribution in [-0.4, -0.2) is 61.3 Å². The number of piperazine rings is 1. The van der Waals surface area contributed by atoms with E-state index in [1.807, 2.05) is 25.7 Å². The predicted octanol–water partition coefficient (Wildman–Crippen LogP) is 2.07. The van der Waals surface area contributed by atoms with Crippen LogP contribution in [0, 0.1) is 5.41 Å². The summed E-state index contributed by atoms with van der Waals surface area (Å²) in [6.45, 7) is 9.09. The van der Waals surface area contributed by atoms with E-state index >= 15 is 0 Å². The lowest BCUT2D eigenvalue weighted by molar-refractivity contribution is -0.127. The van der Waals surface area contributed by atoms with E-state index in [2.05, 4.69) is 4.90 Å². The standard InChI is InChI=1S/C18H26N2O3/c1-18(2,3)16(21)13-19-9-11-20(12-10-19)17(22)14-5-7-15(23-4)8-6-14/h5-8H,9-13H2,1-4H3. The average molecular weight is 318 g/mol. The van der Waals surface area contributed by atoms with Crippen LogP contribution in [0.3, 0.4) is 0 Å². The SMILES string of the molecule is COc1ccc(C(=O)N2CCN(CC(=O)C(C)(C)C)CC2)cc1. The number of ether oxygens (including phenoxy) is 1. The second-order valence-corrected chi connectivity index (χ2v) is 6.97. The molecule has 1 amide bonds. The molecule has 1 aliphatic rings. The third-order valence-electron chi connectivity index (χ3n) is 4.20. The van der Waals surface area contributed by atoms with Crippen LogP contribution in [0.15, 0.2) is 24.3 Å². The first kappa shape index (κ1) is 17.5. The summed E-state index contributed by atoms with van der Waals surface area (Å²) in [7, 11) is 1.61. The third kappa shape index (κ3) is 4.55. The average Bonchev–Trinajstić information content (AvgIpc) is 2.54. The van der Waals surface area contributed by atoms with Gasteiger partial charge in [0.15, 0.2) is 5.78 Å². The third-order valence-corrected chi connectivity index (χ3v) is 4.20. The molecule has 0 N–H and O–H groups in total. The van der Waals surface area contributed by atoms with E-state index < -0.39 is 0 Å². The number of ketones is 1. The molecule has 1 aromatic carbocycles. The lowest BCUT2D eigenvalue weighted by Gasteiger charge is -2.35. The van der Waals surface area contributed by atoms with Crippen molar-refractivity contribution in [2.24, 2.45) is 5.41 Å². The van der Waals surface area contributed by atoms with E-state index in [0.717, 1.165) is 18.8 Å². The fraction of sp³-hybridized carbons (Fsp3) is 0.556. The Labute approximate surface area is 138 Å². The van der Waals surface area contributed by atoms with Crippen molar-refractivity contribution in [2.45, 2.75) is 20.8 Å². The summed E-state index contributed by atoms with van der Waals surface area (Å²) >= 11 is 0. The Morgan fingerprint density at radius 3 is 2.09 bits per heavy atom. The smallest absolute Gasteiger partial charge is 0.253 e. The van der Waals surface area contributed by atoms with Crippen molar-refractivity contribution in [2.75, 3.05) is 39.8 Å². The molecule has 126 valence electrons. The van der Waals surface area contributed by atoms with Gasteiger partial charge in [-0.15, -0.1) is 0 Å². The van der Waals surface area contributed by atoms with Crippen LogP contribution < -0.4 is 4.74 Å². The monoisotopic (exact) mass is 318 g/mol. The summed E-state index contributed by atoms with van der Waals surface area (Å²) < 4.78 is 5.11. The normalized spacial score (nSPS) is 16.3. The van der Waals surface area contributed by atoms with Crippen LogP contribution in [0.2, 0.25) is 0 Å². The van der Waals surface area contributed by atoms with Gasteiger partial charge < -0.3 is 9.64 Å². The zero-order chi connectivity index (χ0) is 17.0. The minimum atomic E-state index is -0.309. The Balaban J connectivity index is 1.88. The highest BCUT2D eigenvalue weighted by molar-refractivity contribution is 5.94. The molecule has 5 heteroatoms. The van der Waals surface area contributed by atoms with Crippen LogP contribution in [0.4, 0.5) is 0 Å². The Morgan fingerprint density at radius 2 is 1.61 bits per heavy atom. The van der Waals surface area contributed by atoms with Crippen molar-refractivity contribution in [3.63, 3.8) is 0 Å². The van der Waals surface area contributed by atoms with E-state index in [0.29, 0.717) is 25.2 Å². The number of hydrogen-bond donors (Lipinski definition) is 0. The van der Waals surface area contributed by atoms with E-state index in [1.54, 1.807) is 31.4 Å². The molecule has 1 fully saturated rings. The minimum Gasteiger partial charge on any atom is -0.497 e. The molecule has 0 aromatic heterocycles. The predicted molar refractivity (Wildman–Crippen MR) is 89.8 cm³/mol. The maximum atomic E-state index is 12.5. The highest BCUT2D eigenvalue weighted by Gasteiger charge is 2.27. The van der Waals surface area contributed by atoms with E-state index in [9.17, 15) is 9.59 Å². The van der Waals surface area contributed by atoms with Gasteiger partial charge in [-0.2, -0.15) is 0 Å². The molecule has 1 heterocycles. The van der Waals surface area contributed by atoms with E-state index in [4.69, 9.17) is 4.74 Å². The Kier molecular flexibility index (Phi) is 5.42. The molecule has 0 saturated carbocycles. The molecule has 0 unspecified atom stereocenters. The summed E-state index contributed by atoms with van der Waals surface area (Å²) in [5, 5.41) is 0. The fourth-order valence-corrected chi connectivity index (χ4v) is 2.47. The lowest BCUT2D eigenvalue weighted by Crippen LogP contribution is -2.50. The molecule has 0 bridgehead atoms.